The van der Waals surface area contributed by atoms with Crippen molar-refractivity contribution < 1.29 is 4.42 Å². The van der Waals surface area contributed by atoms with Gasteiger partial charge in [0.05, 0.1) is 11.0 Å². The highest BCUT2D eigenvalue weighted by Gasteiger charge is 2.19. The van der Waals surface area contributed by atoms with Gasteiger partial charge in [0.2, 0.25) is 0 Å². The third kappa shape index (κ3) is 4.92. The summed E-state index contributed by atoms with van der Waals surface area (Å²) in [4.78, 5) is 10.1. The highest BCUT2D eigenvalue weighted by molar-refractivity contribution is 6.11. The summed E-state index contributed by atoms with van der Waals surface area (Å²) in [6, 6.07) is 66.3. The Kier molecular flexibility index (Phi) is 6.82. The van der Waals surface area contributed by atoms with Gasteiger partial charge in [-0.05, 0) is 81.6 Å². The first-order valence-corrected chi connectivity index (χ1v) is 18.2. The van der Waals surface area contributed by atoms with Crippen molar-refractivity contribution >= 4 is 54.6 Å². The summed E-state index contributed by atoms with van der Waals surface area (Å²) < 4.78 is 9.00. The zero-order chi connectivity index (χ0) is 35.6. The van der Waals surface area contributed by atoms with Crippen molar-refractivity contribution in [1.29, 1.82) is 0 Å². The van der Waals surface area contributed by atoms with Crippen molar-refractivity contribution in [2.75, 3.05) is 0 Å². The number of hydrogen-bond acceptors (Lipinski definition) is 3. The molecule has 0 aliphatic heterocycles. The van der Waals surface area contributed by atoms with Gasteiger partial charge in [-0.2, -0.15) is 0 Å². The summed E-state index contributed by atoms with van der Waals surface area (Å²) in [5.74, 6) is 0.681. The standard InChI is InChI=1S/C50H31N3O/c1-4-12-32(13-5-1)38-24-27-45-43(30-38)41-18-10-11-19-44(41)53(45)40-25-22-36-28-35(20-21-37(36)29-40)39-23-26-42-46(31-39)54-49-47(33-14-6-2-7-15-33)51-50(52-48(42)49)34-16-8-3-9-17-34/h1-31H. The van der Waals surface area contributed by atoms with E-state index in [-0.39, 0.29) is 0 Å². The molecule has 11 rings (SSSR count). The van der Waals surface area contributed by atoms with Crippen LogP contribution in [0.15, 0.2) is 192 Å². The van der Waals surface area contributed by atoms with Crippen molar-refractivity contribution in [3.05, 3.63) is 188 Å². The number of furan rings is 1. The van der Waals surface area contributed by atoms with E-state index in [2.05, 4.69) is 144 Å². The maximum Gasteiger partial charge on any atom is 0.180 e. The Morgan fingerprint density at radius 2 is 1.00 bits per heavy atom. The molecule has 3 heterocycles. The molecule has 0 saturated heterocycles. The highest BCUT2D eigenvalue weighted by Crippen LogP contribution is 2.39. The summed E-state index contributed by atoms with van der Waals surface area (Å²) in [5, 5.41) is 5.83. The van der Waals surface area contributed by atoms with Crippen molar-refractivity contribution in [3.8, 4) is 50.6 Å². The Bertz CT molecular complexity index is 3200. The van der Waals surface area contributed by atoms with Crippen LogP contribution in [-0.2, 0) is 0 Å². The van der Waals surface area contributed by atoms with E-state index in [1.807, 2.05) is 48.5 Å². The second-order valence-corrected chi connectivity index (χ2v) is 13.8. The van der Waals surface area contributed by atoms with E-state index in [1.165, 1.54) is 43.7 Å². The summed E-state index contributed by atoms with van der Waals surface area (Å²) >= 11 is 0. The Morgan fingerprint density at radius 3 is 1.81 bits per heavy atom. The molecule has 0 bridgehead atoms. The molecular weight excluding hydrogens is 659 g/mol. The topological polar surface area (TPSA) is 43.9 Å². The molecule has 11 aromatic rings. The lowest BCUT2D eigenvalue weighted by Gasteiger charge is -2.11. The molecule has 252 valence electrons. The molecule has 4 heteroatoms. The molecule has 0 atom stereocenters. The van der Waals surface area contributed by atoms with Gasteiger partial charge in [0.1, 0.15) is 16.8 Å². The minimum atomic E-state index is 0.681. The van der Waals surface area contributed by atoms with E-state index < -0.39 is 0 Å². The predicted octanol–water partition coefficient (Wildman–Crippen LogP) is 13.3. The van der Waals surface area contributed by atoms with E-state index in [4.69, 9.17) is 14.4 Å². The van der Waals surface area contributed by atoms with Crippen LogP contribution in [0.2, 0.25) is 0 Å². The molecule has 0 aliphatic carbocycles. The SMILES string of the molecule is c1ccc(-c2ccc3c(c2)c2ccccc2n3-c2ccc3cc(-c4ccc5c(c4)oc4c(-c6ccccc6)nc(-c6ccccc6)nc45)ccc3c2)cc1. The molecule has 0 N–H and O–H groups in total. The van der Waals surface area contributed by atoms with Gasteiger partial charge in [0, 0.05) is 33.0 Å². The Morgan fingerprint density at radius 1 is 0.389 bits per heavy atom. The van der Waals surface area contributed by atoms with Gasteiger partial charge >= 0.3 is 0 Å². The minimum Gasteiger partial charge on any atom is -0.452 e. The zero-order valence-corrected chi connectivity index (χ0v) is 29.1. The quantitative estimate of drug-likeness (QED) is 0.181. The number of nitrogens with zero attached hydrogens (tertiary/aromatic N) is 3. The third-order valence-corrected chi connectivity index (χ3v) is 10.6. The van der Waals surface area contributed by atoms with Crippen LogP contribution in [0.5, 0.6) is 0 Å². The lowest BCUT2D eigenvalue weighted by atomic mass is 10.00. The number of benzene rings is 8. The van der Waals surface area contributed by atoms with E-state index in [9.17, 15) is 0 Å². The molecular formula is C50H31N3O. The molecule has 8 aromatic carbocycles. The van der Waals surface area contributed by atoms with Gasteiger partial charge in [-0.3, -0.25) is 0 Å². The lowest BCUT2D eigenvalue weighted by Crippen LogP contribution is -1.94. The van der Waals surface area contributed by atoms with E-state index in [0.717, 1.165) is 50.1 Å². The van der Waals surface area contributed by atoms with E-state index in [0.29, 0.717) is 11.4 Å². The van der Waals surface area contributed by atoms with Crippen LogP contribution in [0, 0.1) is 0 Å². The highest BCUT2D eigenvalue weighted by atomic mass is 16.3. The molecule has 0 spiro atoms. The first-order valence-electron chi connectivity index (χ1n) is 18.2. The van der Waals surface area contributed by atoms with Crippen molar-refractivity contribution in [3.63, 3.8) is 0 Å². The molecule has 0 aliphatic rings. The Balaban J connectivity index is 1.00. The first kappa shape index (κ1) is 30.3. The van der Waals surface area contributed by atoms with Crippen molar-refractivity contribution in [1.82, 2.24) is 14.5 Å². The maximum atomic E-state index is 6.61. The zero-order valence-electron chi connectivity index (χ0n) is 29.1. The van der Waals surface area contributed by atoms with Gasteiger partial charge in [0.15, 0.2) is 11.4 Å². The van der Waals surface area contributed by atoms with Crippen LogP contribution in [0.4, 0.5) is 0 Å². The molecule has 54 heavy (non-hydrogen) atoms. The second kappa shape index (κ2) is 12.1. The van der Waals surface area contributed by atoms with E-state index in [1.54, 1.807) is 0 Å². The fourth-order valence-electron chi connectivity index (χ4n) is 7.94. The summed E-state index contributed by atoms with van der Waals surface area (Å²) in [6.45, 7) is 0. The fourth-order valence-corrected chi connectivity index (χ4v) is 7.94. The molecule has 0 amide bonds. The van der Waals surface area contributed by atoms with E-state index >= 15 is 0 Å². The average molecular weight is 690 g/mol. The van der Waals surface area contributed by atoms with Crippen LogP contribution in [0.1, 0.15) is 0 Å². The second-order valence-electron chi connectivity index (χ2n) is 13.8. The van der Waals surface area contributed by atoms with Gasteiger partial charge in [-0.1, -0.05) is 140 Å². The molecule has 0 fully saturated rings. The fraction of sp³-hybridized carbons (Fsp3) is 0. The monoisotopic (exact) mass is 689 g/mol. The molecule has 3 aromatic heterocycles. The first-order chi connectivity index (χ1) is 26.7. The molecule has 0 saturated carbocycles. The molecule has 4 nitrogen and oxygen atoms in total. The van der Waals surface area contributed by atoms with Crippen molar-refractivity contribution in [2.45, 2.75) is 0 Å². The lowest BCUT2D eigenvalue weighted by molar-refractivity contribution is 0.667. The molecule has 0 unspecified atom stereocenters. The van der Waals surface area contributed by atoms with Gasteiger partial charge in [-0.15, -0.1) is 0 Å². The smallest absolute Gasteiger partial charge is 0.180 e. The number of para-hydroxylation sites is 1. The Labute approximate surface area is 311 Å². The largest absolute Gasteiger partial charge is 0.452 e. The number of rotatable bonds is 5. The predicted molar refractivity (Wildman–Crippen MR) is 223 cm³/mol. The summed E-state index contributed by atoms with van der Waals surface area (Å²) in [7, 11) is 0. The van der Waals surface area contributed by atoms with Crippen LogP contribution < -0.4 is 0 Å². The normalized spacial score (nSPS) is 11.7. The number of hydrogen-bond donors (Lipinski definition) is 0. The Hall–Kier alpha value is -7.30. The number of aromatic nitrogens is 3. The summed E-state index contributed by atoms with van der Waals surface area (Å²) in [6.07, 6.45) is 0. The van der Waals surface area contributed by atoms with Crippen molar-refractivity contribution in [2.24, 2.45) is 0 Å². The van der Waals surface area contributed by atoms with Crippen LogP contribution in [0.3, 0.4) is 0 Å². The third-order valence-electron chi connectivity index (χ3n) is 10.6. The minimum absolute atomic E-state index is 0.681. The van der Waals surface area contributed by atoms with Gasteiger partial charge < -0.3 is 8.98 Å². The van der Waals surface area contributed by atoms with Crippen LogP contribution in [0.25, 0.3) is 105 Å². The maximum absolute atomic E-state index is 6.61. The number of fused-ring (bicyclic) bond motifs is 7. The summed E-state index contributed by atoms with van der Waals surface area (Å²) in [5.41, 5.74) is 13.2. The van der Waals surface area contributed by atoms with Gasteiger partial charge in [0.25, 0.3) is 0 Å². The van der Waals surface area contributed by atoms with Gasteiger partial charge in [-0.25, -0.2) is 9.97 Å². The van der Waals surface area contributed by atoms with Crippen LogP contribution >= 0.6 is 0 Å². The molecule has 0 radical (unpaired) electrons. The average Bonchev–Trinajstić information content (AvgIpc) is 3.79. The van der Waals surface area contributed by atoms with Crippen LogP contribution in [-0.4, -0.2) is 14.5 Å².